The third-order valence-electron chi connectivity index (χ3n) is 3.08. The topological polar surface area (TPSA) is 90.7 Å². The molecule has 0 spiro atoms. The quantitative estimate of drug-likeness (QED) is 0.564. The van der Waals surface area contributed by atoms with E-state index in [1.807, 2.05) is 12.1 Å². The molecule has 6 nitrogen and oxygen atoms in total. The van der Waals surface area contributed by atoms with Crippen LogP contribution in [0.1, 0.15) is 24.2 Å². The van der Waals surface area contributed by atoms with Crippen molar-refractivity contribution in [3.05, 3.63) is 52.5 Å². The van der Waals surface area contributed by atoms with Crippen LogP contribution in [-0.2, 0) is 9.53 Å². The highest BCUT2D eigenvalue weighted by Gasteiger charge is 2.13. The zero-order chi connectivity index (χ0) is 18.4. The van der Waals surface area contributed by atoms with Crippen LogP contribution in [0.15, 0.2) is 46.9 Å². The fourth-order valence-corrected chi connectivity index (χ4v) is 2.21. The zero-order valence-electron chi connectivity index (χ0n) is 13.9. The Morgan fingerprint density at radius 1 is 1.16 bits per heavy atom. The number of halogens is 1. The Morgan fingerprint density at radius 3 is 2.48 bits per heavy atom. The van der Waals surface area contributed by atoms with Gasteiger partial charge in [0.15, 0.2) is 6.61 Å². The van der Waals surface area contributed by atoms with E-state index in [9.17, 15) is 9.59 Å². The minimum absolute atomic E-state index is 0.230. The van der Waals surface area contributed by atoms with Crippen LogP contribution in [-0.4, -0.2) is 24.6 Å². The van der Waals surface area contributed by atoms with E-state index in [0.29, 0.717) is 16.9 Å². The molecule has 1 amide bonds. The molecule has 0 bridgehead atoms. The van der Waals surface area contributed by atoms with Crippen LogP contribution in [0.2, 0.25) is 0 Å². The van der Waals surface area contributed by atoms with Gasteiger partial charge in [0, 0.05) is 10.2 Å². The number of rotatable bonds is 6. The van der Waals surface area contributed by atoms with Crippen molar-refractivity contribution in [2.24, 2.45) is 0 Å². The molecular formula is C18H19BrN2O4. The molecule has 0 saturated heterocycles. The number of benzene rings is 2. The first kappa shape index (κ1) is 18.8. The van der Waals surface area contributed by atoms with Gasteiger partial charge >= 0.3 is 5.97 Å². The third kappa shape index (κ3) is 5.79. The number of carbonyl (C=O) groups excluding carboxylic acids is 2. The average molecular weight is 407 g/mol. The van der Waals surface area contributed by atoms with Crippen molar-refractivity contribution in [1.82, 2.24) is 0 Å². The summed E-state index contributed by atoms with van der Waals surface area (Å²) in [6.07, 6.45) is -0.230. The average Bonchev–Trinajstić information content (AvgIpc) is 2.55. The van der Waals surface area contributed by atoms with Crippen molar-refractivity contribution in [3.63, 3.8) is 0 Å². The molecule has 0 saturated carbocycles. The Hall–Kier alpha value is -2.54. The number of nitrogen functional groups attached to an aromatic ring is 1. The number of ether oxygens (including phenoxy) is 2. The smallest absolute Gasteiger partial charge is 0.338 e. The molecule has 25 heavy (non-hydrogen) atoms. The molecule has 0 radical (unpaired) electrons. The molecule has 0 aliphatic carbocycles. The van der Waals surface area contributed by atoms with Crippen LogP contribution < -0.4 is 15.8 Å². The Morgan fingerprint density at radius 2 is 1.84 bits per heavy atom. The van der Waals surface area contributed by atoms with Crippen molar-refractivity contribution in [2.75, 3.05) is 17.7 Å². The van der Waals surface area contributed by atoms with Crippen molar-refractivity contribution < 1.29 is 19.1 Å². The molecule has 3 N–H and O–H groups in total. The summed E-state index contributed by atoms with van der Waals surface area (Å²) in [5.74, 6) is -0.555. The summed E-state index contributed by atoms with van der Waals surface area (Å²) in [5, 5.41) is 2.71. The number of anilines is 2. The van der Waals surface area contributed by atoms with Crippen molar-refractivity contribution in [1.29, 1.82) is 0 Å². The van der Waals surface area contributed by atoms with E-state index >= 15 is 0 Å². The van der Waals surface area contributed by atoms with Gasteiger partial charge in [-0.05, 0) is 56.3 Å². The van der Waals surface area contributed by atoms with Gasteiger partial charge in [-0.1, -0.05) is 15.9 Å². The summed E-state index contributed by atoms with van der Waals surface area (Å²) >= 11 is 3.33. The lowest BCUT2D eigenvalue weighted by atomic mass is 10.2. The molecule has 0 aromatic heterocycles. The van der Waals surface area contributed by atoms with Crippen LogP contribution in [0.5, 0.6) is 5.75 Å². The molecule has 0 aliphatic rings. The first-order chi connectivity index (χ1) is 11.8. The van der Waals surface area contributed by atoms with Crippen LogP contribution in [0.3, 0.4) is 0 Å². The van der Waals surface area contributed by atoms with Gasteiger partial charge in [-0.25, -0.2) is 4.79 Å². The Bertz CT molecular complexity index is 760. The van der Waals surface area contributed by atoms with E-state index in [1.54, 1.807) is 38.1 Å². The largest absolute Gasteiger partial charge is 0.482 e. The van der Waals surface area contributed by atoms with Crippen LogP contribution in [0.25, 0.3) is 0 Å². The van der Waals surface area contributed by atoms with E-state index in [1.165, 1.54) is 6.07 Å². The van der Waals surface area contributed by atoms with E-state index in [2.05, 4.69) is 21.2 Å². The zero-order valence-corrected chi connectivity index (χ0v) is 15.5. The summed E-state index contributed by atoms with van der Waals surface area (Å²) in [6, 6.07) is 11.7. The summed E-state index contributed by atoms with van der Waals surface area (Å²) < 4.78 is 11.5. The van der Waals surface area contributed by atoms with Gasteiger partial charge in [0.1, 0.15) is 5.75 Å². The normalized spacial score (nSPS) is 10.4. The molecule has 0 atom stereocenters. The van der Waals surface area contributed by atoms with Crippen LogP contribution in [0, 0.1) is 0 Å². The van der Waals surface area contributed by atoms with Gasteiger partial charge in [0.25, 0.3) is 5.91 Å². The molecule has 0 aliphatic heterocycles. The standard InChI is InChI=1S/C18H19BrN2O4/c1-11(2)25-18(23)12-3-8-15(20)16(9-12)24-10-17(22)21-14-6-4-13(19)5-7-14/h3-9,11H,10,20H2,1-2H3,(H,21,22). The second kappa shape index (κ2) is 8.53. The number of hydrogen-bond donors (Lipinski definition) is 2. The molecule has 132 valence electrons. The Kier molecular flexibility index (Phi) is 6.41. The number of esters is 1. The summed E-state index contributed by atoms with van der Waals surface area (Å²) in [5.41, 5.74) is 7.13. The SMILES string of the molecule is CC(C)OC(=O)c1ccc(N)c(OCC(=O)Nc2ccc(Br)cc2)c1. The lowest BCUT2D eigenvalue weighted by Gasteiger charge is -2.12. The lowest BCUT2D eigenvalue weighted by molar-refractivity contribution is -0.118. The first-order valence-corrected chi connectivity index (χ1v) is 8.43. The predicted octanol–water partition coefficient (Wildman–Crippen LogP) is 3.61. The molecular weight excluding hydrogens is 388 g/mol. The van der Waals surface area contributed by atoms with Crippen LogP contribution >= 0.6 is 15.9 Å². The molecule has 7 heteroatoms. The summed E-state index contributed by atoms with van der Waals surface area (Å²) in [6.45, 7) is 3.29. The number of hydrogen-bond acceptors (Lipinski definition) is 5. The highest BCUT2D eigenvalue weighted by molar-refractivity contribution is 9.10. The highest BCUT2D eigenvalue weighted by Crippen LogP contribution is 2.23. The number of carbonyl (C=O) groups is 2. The van der Waals surface area contributed by atoms with Crippen LogP contribution in [0.4, 0.5) is 11.4 Å². The number of nitrogens with one attached hydrogen (secondary N) is 1. The van der Waals surface area contributed by atoms with E-state index in [-0.39, 0.29) is 24.4 Å². The molecule has 2 aromatic carbocycles. The van der Waals surface area contributed by atoms with Gasteiger partial charge in [0.05, 0.1) is 17.4 Å². The monoisotopic (exact) mass is 406 g/mol. The molecule has 0 fully saturated rings. The molecule has 0 heterocycles. The van der Waals surface area contributed by atoms with Gasteiger partial charge in [-0.2, -0.15) is 0 Å². The Balaban J connectivity index is 1.98. The summed E-state index contributed by atoms with van der Waals surface area (Å²) in [7, 11) is 0. The summed E-state index contributed by atoms with van der Waals surface area (Å²) in [4.78, 5) is 23.9. The fourth-order valence-electron chi connectivity index (χ4n) is 1.94. The molecule has 2 aromatic rings. The van der Waals surface area contributed by atoms with E-state index in [4.69, 9.17) is 15.2 Å². The third-order valence-corrected chi connectivity index (χ3v) is 3.61. The molecule has 2 rings (SSSR count). The second-order valence-corrected chi connectivity index (χ2v) is 6.47. The maximum absolute atomic E-state index is 12.0. The van der Waals surface area contributed by atoms with E-state index in [0.717, 1.165) is 4.47 Å². The number of amides is 1. The first-order valence-electron chi connectivity index (χ1n) is 7.64. The second-order valence-electron chi connectivity index (χ2n) is 5.55. The van der Waals surface area contributed by atoms with Crippen molar-refractivity contribution in [2.45, 2.75) is 20.0 Å². The van der Waals surface area contributed by atoms with Crippen molar-refractivity contribution in [3.8, 4) is 5.75 Å². The maximum Gasteiger partial charge on any atom is 0.338 e. The van der Waals surface area contributed by atoms with Gasteiger partial charge in [-0.3, -0.25) is 4.79 Å². The fraction of sp³-hybridized carbons (Fsp3) is 0.222. The van der Waals surface area contributed by atoms with Crippen molar-refractivity contribution >= 4 is 39.2 Å². The predicted molar refractivity (Wildman–Crippen MR) is 99.7 cm³/mol. The Labute approximate surface area is 154 Å². The lowest BCUT2D eigenvalue weighted by Crippen LogP contribution is -2.20. The minimum Gasteiger partial charge on any atom is -0.482 e. The van der Waals surface area contributed by atoms with Gasteiger partial charge < -0.3 is 20.5 Å². The van der Waals surface area contributed by atoms with Gasteiger partial charge in [-0.15, -0.1) is 0 Å². The molecule has 0 unspecified atom stereocenters. The van der Waals surface area contributed by atoms with E-state index < -0.39 is 5.97 Å². The van der Waals surface area contributed by atoms with Gasteiger partial charge in [0.2, 0.25) is 0 Å². The minimum atomic E-state index is -0.473. The maximum atomic E-state index is 12.0. The number of nitrogens with two attached hydrogens (primary N) is 1. The highest BCUT2D eigenvalue weighted by atomic mass is 79.9.